The molecule has 0 saturated heterocycles. The standard InChI is InChI=1S/C15H18O6/c1-15(8-12(17)18)11(16)7-10(13(15)19)21-14(20)9-5-3-2-4-6-9/h2-6,10-11,13,16,19H,7-8H2,1H3,(H,17,18). The second kappa shape index (κ2) is 5.83. The molecule has 0 amide bonds. The van der Waals surface area contributed by atoms with Crippen molar-refractivity contribution in [2.75, 3.05) is 0 Å². The molecule has 1 aromatic rings. The second-order valence-electron chi connectivity index (χ2n) is 5.58. The summed E-state index contributed by atoms with van der Waals surface area (Å²) in [6, 6.07) is 8.29. The summed E-state index contributed by atoms with van der Waals surface area (Å²) in [4.78, 5) is 22.8. The summed E-state index contributed by atoms with van der Waals surface area (Å²) < 4.78 is 5.22. The van der Waals surface area contributed by atoms with Gasteiger partial charge in [0.1, 0.15) is 6.10 Å². The smallest absolute Gasteiger partial charge is 0.338 e. The number of hydrogen-bond donors (Lipinski definition) is 3. The van der Waals surface area contributed by atoms with Crippen LogP contribution in [0.3, 0.4) is 0 Å². The van der Waals surface area contributed by atoms with Gasteiger partial charge in [0.25, 0.3) is 0 Å². The van der Waals surface area contributed by atoms with Crippen molar-refractivity contribution in [3.05, 3.63) is 35.9 Å². The van der Waals surface area contributed by atoms with Crippen LogP contribution in [0.25, 0.3) is 0 Å². The van der Waals surface area contributed by atoms with Crippen LogP contribution in [0.5, 0.6) is 0 Å². The van der Waals surface area contributed by atoms with Gasteiger partial charge in [-0.3, -0.25) is 4.79 Å². The van der Waals surface area contributed by atoms with Crippen LogP contribution in [0.2, 0.25) is 0 Å². The molecular weight excluding hydrogens is 276 g/mol. The monoisotopic (exact) mass is 294 g/mol. The molecule has 4 atom stereocenters. The Morgan fingerprint density at radius 2 is 1.90 bits per heavy atom. The quantitative estimate of drug-likeness (QED) is 0.710. The summed E-state index contributed by atoms with van der Waals surface area (Å²) in [5.74, 6) is -1.72. The Kier molecular flexibility index (Phi) is 4.29. The van der Waals surface area contributed by atoms with Crippen molar-refractivity contribution < 1.29 is 29.6 Å². The van der Waals surface area contributed by atoms with E-state index in [0.717, 1.165) is 0 Å². The summed E-state index contributed by atoms with van der Waals surface area (Å²) in [6.07, 6.45) is -3.57. The predicted molar refractivity (Wildman–Crippen MR) is 72.6 cm³/mol. The molecule has 6 nitrogen and oxygen atoms in total. The molecule has 2 rings (SSSR count). The van der Waals surface area contributed by atoms with Crippen LogP contribution >= 0.6 is 0 Å². The van der Waals surface area contributed by atoms with E-state index in [2.05, 4.69) is 0 Å². The fourth-order valence-electron chi connectivity index (χ4n) is 2.68. The molecule has 1 aliphatic rings. The van der Waals surface area contributed by atoms with Crippen LogP contribution in [0.4, 0.5) is 0 Å². The molecular formula is C15H18O6. The predicted octanol–water partition coefficient (Wildman–Crippen LogP) is 0.819. The number of carbonyl (C=O) groups is 2. The van der Waals surface area contributed by atoms with Crippen LogP contribution in [0.1, 0.15) is 30.1 Å². The average molecular weight is 294 g/mol. The number of carboxylic acid groups (broad SMARTS) is 1. The number of aliphatic hydroxyl groups is 2. The van der Waals surface area contributed by atoms with E-state index < -0.39 is 42.1 Å². The van der Waals surface area contributed by atoms with Gasteiger partial charge in [0.05, 0.1) is 24.2 Å². The average Bonchev–Trinajstić information content (AvgIpc) is 2.63. The number of ether oxygens (including phenoxy) is 1. The lowest BCUT2D eigenvalue weighted by Gasteiger charge is -2.30. The topological polar surface area (TPSA) is 104 Å². The molecule has 1 aliphatic carbocycles. The Bertz CT molecular complexity index is 528. The first-order valence-electron chi connectivity index (χ1n) is 6.68. The van der Waals surface area contributed by atoms with Crippen molar-refractivity contribution in [1.29, 1.82) is 0 Å². The van der Waals surface area contributed by atoms with Gasteiger partial charge >= 0.3 is 11.9 Å². The molecule has 0 aliphatic heterocycles. The number of carboxylic acids is 1. The number of benzene rings is 1. The van der Waals surface area contributed by atoms with Crippen molar-refractivity contribution in [2.24, 2.45) is 5.41 Å². The van der Waals surface area contributed by atoms with Gasteiger partial charge in [-0.25, -0.2) is 4.79 Å². The molecule has 6 heteroatoms. The van der Waals surface area contributed by atoms with Crippen molar-refractivity contribution in [3.63, 3.8) is 0 Å². The zero-order valence-corrected chi connectivity index (χ0v) is 11.6. The number of aliphatic carboxylic acids is 1. The van der Waals surface area contributed by atoms with E-state index >= 15 is 0 Å². The highest BCUT2D eigenvalue weighted by Gasteiger charge is 2.53. The lowest BCUT2D eigenvalue weighted by Crippen LogP contribution is -2.41. The van der Waals surface area contributed by atoms with Crippen LogP contribution in [-0.2, 0) is 9.53 Å². The number of hydrogen-bond acceptors (Lipinski definition) is 5. The van der Waals surface area contributed by atoms with E-state index in [4.69, 9.17) is 9.84 Å². The molecule has 1 aromatic carbocycles. The summed E-state index contributed by atoms with van der Waals surface area (Å²) in [6.45, 7) is 1.48. The number of aliphatic hydroxyl groups excluding tert-OH is 2. The van der Waals surface area contributed by atoms with Gasteiger partial charge in [-0.05, 0) is 12.1 Å². The van der Waals surface area contributed by atoms with Gasteiger partial charge in [0, 0.05) is 11.8 Å². The summed E-state index contributed by atoms with van der Waals surface area (Å²) in [5, 5.41) is 29.1. The minimum atomic E-state index is -1.23. The zero-order chi connectivity index (χ0) is 15.6. The third-order valence-corrected chi connectivity index (χ3v) is 4.04. The van der Waals surface area contributed by atoms with Crippen LogP contribution in [0.15, 0.2) is 30.3 Å². The van der Waals surface area contributed by atoms with Crippen molar-refractivity contribution in [3.8, 4) is 0 Å². The van der Waals surface area contributed by atoms with E-state index in [9.17, 15) is 19.8 Å². The van der Waals surface area contributed by atoms with Gasteiger partial charge in [-0.1, -0.05) is 25.1 Å². The molecule has 0 spiro atoms. The second-order valence-corrected chi connectivity index (χ2v) is 5.58. The van der Waals surface area contributed by atoms with Gasteiger partial charge in [-0.2, -0.15) is 0 Å². The molecule has 4 unspecified atom stereocenters. The first-order chi connectivity index (χ1) is 9.84. The lowest BCUT2D eigenvalue weighted by atomic mass is 9.81. The minimum absolute atomic E-state index is 0.0174. The summed E-state index contributed by atoms with van der Waals surface area (Å²) in [7, 11) is 0. The third-order valence-electron chi connectivity index (χ3n) is 4.04. The third kappa shape index (κ3) is 3.06. The van der Waals surface area contributed by atoms with E-state index in [0.29, 0.717) is 5.56 Å². The van der Waals surface area contributed by atoms with E-state index in [1.54, 1.807) is 30.3 Å². The zero-order valence-electron chi connectivity index (χ0n) is 11.6. The largest absolute Gasteiger partial charge is 0.481 e. The lowest BCUT2D eigenvalue weighted by molar-refractivity contribution is -0.144. The Balaban J connectivity index is 2.09. The van der Waals surface area contributed by atoms with Crippen molar-refractivity contribution >= 4 is 11.9 Å². The van der Waals surface area contributed by atoms with Crippen LogP contribution in [0, 0.1) is 5.41 Å². The Morgan fingerprint density at radius 3 is 2.48 bits per heavy atom. The van der Waals surface area contributed by atoms with Crippen molar-refractivity contribution in [2.45, 2.75) is 38.1 Å². The SMILES string of the molecule is CC1(CC(=O)O)C(O)CC(OC(=O)c2ccccc2)C1O. The Morgan fingerprint density at radius 1 is 1.29 bits per heavy atom. The minimum Gasteiger partial charge on any atom is -0.481 e. The van der Waals surface area contributed by atoms with Gasteiger partial charge in [0.2, 0.25) is 0 Å². The van der Waals surface area contributed by atoms with Gasteiger partial charge < -0.3 is 20.1 Å². The van der Waals surface area contributed by atoms with Gasteiger partial charge in [-0.15, -0.1) is 0 Å². The van der Waals surface area contributed by atoms with Crippen LogP contribution < -0.4 is 0 Å². The fourth-order valence-corrected chi connectivity index (χ4v) is 2.68. The molecule has 0 bridgehead atoms. The molecule has 114 valence electrons. The Labute approximate surface area is 122 Å². The van der Waals surface area contributed by atoms with E-state index in [-0.39, 0.29) is 6.42 Å². The maximum atomic E-state index is 12.0. The Hall–Kier alpha value is -1.92. The molecule has 1 fully saturated rings. The van der Waals surface area contributed by atoms with Gasteiger partial charge in [0.15, 0.2) is 0 Å². The highest BCUT2D eigenvalue weighted by atomic mass is 16.6. The summed E-state index contributed by atoms with van der Waals surface area (Å²) in [5.41, 5.74) is -0.890. The number of esters is 1. The maximum absolute atomic E-state index is 12.0. The molecule has 0 radical (unpaired) electrons. The first kappa shape index (κ1) is 15.5. The van der Waals surface area contributed by atoms with E-state index in [1.165, 1.54) is 6.92 Å². The molecule has 0 aromatic heterocycles. The van der Waals surface area contributed by atoms with E-state index in [1.807, 2.05) is 0 Å². The normalized spacial score (nSPS) is 31.9. The molecule has 21 heavy (non-hydrogen) atoms. The molecule has 3 N–H and O–H groups in total. The molecule has 0 heterocycles. The number of rotatable bonds is 4. The maximum Gasteiger partial charge on any atom is 0.338 e. The highest BCUT2D eigenvalue weighted by Crippen LogP contribution is 2.42. The highest BCUT2D eigenvalue weighted by molar-refractivity contribution is 5.89. The first-order valence-corrected chi connectivity index (χ1v) is 6.68. The number of carbonyl (C=O) groups excluding carboxylic acids is 1. The summed E-state index contributed by atoms with van der Waals surface area (Å²) >= 11 is 0. The van der Waals surface area contributed by atoms with Crippen LogP contribution in [-0.4, -0.2) is 45.6 Å². The van der Waals surface area contributed by atoms with Crippen molar-refractivity contribution in [1.82, 2.24) is 0 Å². The molecule has 1 saturated carbocycles. The fraction of sp³-hybridized carbons (Fsp3) is 0.467.